The van der Waals surface area contributed by atoms with Crippen LogP contribution in [0.2, 0.25) is 0 Å². The van der Waals surface area contributed by atoms with Crippen molar-refractivity contribution in [2.75, 3.05) is 39.4 Å². The second kappa shape index (κ2) is 8.91. The number of rotatable bonds is 7. The number of carbonyl (C=O) groups excluding carboxylic acids is 1. The Balaban J connectivity index is 1.47. The van der Waals surface area contributed by atoms with Gasteiger partial charge in [0.15, 0.2) is 5.69 Å². The Morgan fingerprint density at radius 1 is 1.31 bits per heavy atom. The Morgan fingerprint density at radius 2 is 2.04 bits per heavy atom. The van der Waals surface area contributed by atoms with E-state index < -0.39 is 0 Å². The highest BCUT2D eigenvalue weighted by Gasteiger charge is 2.16. The predicted octanol–water partition coefficient (Wildman–Crippen LogP) is 0.231. The monoisotopic (exact) mass is 358 g/mol. The van der Waals surface area contributed by atoms with Crippen LogP contribution < -0.4 is 10.2 Å². The van der Waals surface area contributed by atoms with E-state index in [-0.39, 0.29) is 11.9 Å². The van der Waals surface area contributed by atoms with Gasteiger partial charge in [0.1, 0.15) is 13.1 Å². The van der Waals surface area contributed by atoms with Crippen molar-refractivity contribution in [3.8, 4) is 0 Å². The van der Waals surface area contributed by atoms with Crippen LogP contribution in [0.4, 0.5) is 0 Å². The lowest BCUT2D eigenvalue weighted by atomic mass is 10.1. The van der Waals surface area contributed by atoms with Crippen LogP contribution in [0.5, 0.6) is 0 Å². The van der Waals surface area contributed by atoms with E-state index in [4.69, 9.17) is 4.74 Å². The van der Waals surface area contributed by atoms with Gasteiger partial charge in [-0.1, -0.05) is 35.0 Å². The lowest BCUT2D eigenvalue weighted by molar-refractivity contribution is -0.908. The Morgan fingerprint density at radius 3 is 2.77 bits per heavy atom. The van der Waals surface area contributed by atoms with Gasteiger partial charge < -0.3 is 15.0 Å². The smallest absolute Gasteiger partial charge is 0.273 e. The number of ether oxygens (including phenoxy) is 1. The number of benzene rings is 1. The Bertz CT molecular complexity index is 707. The molecule has 7 heteroatoms. The number of carbonyl (C=O) groups is 1. The van der Waals surface area contributed by atoms with Gasteiger partial charge in [0.25, 0.3) is 5.91 Å². The van der Waals surface area contributed by atoms with Crippen molar-refractivity contribution >= 4 is 5.91 Å². The molecule has 140 valence electrons. The number of amides is 1. The molecule has 7 nitrogen and oxygen atoms in total. The molecule has 0 radical (unpaired) electrons. The molecule has 26 heavy (non-hydrogen) atoms. The summed E-state index contributed by atoms with van der Waals surface area (Å²) in [6, 6.07) is 8.35. The van der Waals surface area contributed by atoms with Gasteiger partial charge in [-0.2, -0.15) is 0 Å². The van der Waals surface area contributed by atoms with Crippen molar-refractivity contribution in [1.29, 1.82) is 0 Å². The summed E-state index contributed by atoms with van der Waals surface area (Å²) in [5.41, 5.74) is 2.72. The van der Waals surface area contributed by atoms with Gasteiger partial charge in [-0.25, -0.2) is 4.68 Å². The molecular weight excluding hydrogens is 330 g/mol. The van der Waals surface area contributed by atoms with Gasteiger partial charge in [-0.3, -0.25) is 4.79 Å². The van der Waals surface area contributed by atoms with Crippen LogP contribution in [0, 0.1) is 6.92 Å². The Kier molecular flexibility index (Phi) is 6.35. The number of hydrogen-bond donors (Lipinski definition) is 2. The zero-order valence-corrected chi connectivity index (χ0v) is 15.6. The first kappa shape index (κ1) is 18.5. The second-order valence-electron chi connectivity index (χ2n) is 6.89. The third-order valence-electron chi connectivity index (χ3n) is 4.89. The zero-order chi connectivity index (χ0) is 18.4. The fourth-order valence-electron chi connectivity index (χ4n) is 3.11. The summed E-state index contributed by atoms with van der Waals surface area (Å²) in [5, 5.41) is 11.1. The van der Waals surface area contributed by atoms with Crippen molar-refractivity contribution in [2.24, 2.45) is 0 Å². The molecule has 1 aromatic carbocycles. The molecule has 0 saturated carbocycles. The van der Waals surface area contributed by atoms with Crippen LogP contribution in [0.3, 0.4) is 0 Å². The standard InChI is InChI=1S/C19H27N5O2/c1-15-4-6-17(7-5-15)16(2)24-14-18(21-22-24)19(25)20-8-3-9-23-10-12-26-13-11-23/h4-7,14,16H,3,8-13H2,1-2H3,(H,20,25)/p+1/t16-/m1/s1. The lowest BCUT2D eigenvalue weighted by Crippen LogP contribution is -3.14. The normalized spacial score (nSPS) is 16.4. The summed E-state index contributed by atoms with van der Waals surface area (Å²) < 4.78 is 7.09. The first-order valence-electron chi connectivity index (χ1n) is 9.31. The summed E-state index contributed by atoms with van der Waals surface area (Å²) >= 11 is 0. The van der Waals surface area contributed by atoms with Crippen molar-refractivity contribution in [3.05, 3.63) is 47.3 Å². The predicted molar refractivity (Wildman–Crippen MR) is 98.3 cm³/mol. The molecule has 1 amide bonds. The van der Waals surface area contributed by atoms with Crippen molar-refractivity contribution in [3.63, 3.8) is 0 Å². The molecule has 1 saturated heterocycles. The van der Waals surface area contributed by atoms with Crippen molar-refractivity contribution in [2.45, 2.75) is 26.3 Å². The molecule has 2 aromatic rings. The highest BCUT2D eigenvalue weighted by Crippen LogP contribution is 2.17. The molecule has 1 aromatic heterocycles. The van der Waals surface area contributed by atoms with Crippen molar-refractivity contribution < 1.29 is 14.4 Å². The summed E-state index contributed by atoms with van der Waals surface area (Å²) in [4.78, 5) is 13.8. The fraction of sp³-hybridized carbons (Fsp3) is 0.526. The van der Waals surface area contributed by atoms with Crippen LogP contribution in [0.25, 0.3) is 0 Å². The van der Waals surface area contributed by atoms with E-state index in [0.29, 0.717) is 12.2 Å². The molecule has 0 aliphatic carbocycles. The first-order valence-corrected chi connectivity index (χ1v) is 9.31. The van der Waals surface area contributed by atoms with E-state index in [1.807, 2.05) is 6.92 Å². The van der Waals surface area contributed by atoms with Gasteiger partial charge in [-0.15, -0.1) is 5.10 Å². The number of quaternary nitrogens is 1. The van der Waals surface area contributed by atoms with Crippen LogP contribution >= 0.6 is 0 Å². The van der Waals surface area contributed by atoms with Gasteiger partial charge in [0.05, 0.1) is 32.0 Å². The van der Waals surface area contributed by atoms with Gasteiger partial charge >= 0.3 is 0 Å². The summed E-state index contributed by atoms with van der Waals surface area (Å²) in [6.07, 6.45) is 2.67. The minimum Gasteiger partial charge on any atom is -0.370 e. The van der Waals surface area contributed by atoms with Crippen LogP contribution in [-0.4, -0.2) is 60.3 Å². The maximum atomic E-state index is 12.3. The van der Waals surface area contributed by atoms with Crippen LogP contribution in [-0.2, 0) is 4.74 Å². The SMILES string of the molecule is Cc1ccc([C@@H](C)n2cc(C(=O)NCCC[NH+]3CCOCC3)nn2)cc1. The third kappa shape index (κ3) is 4.89. The molecule has 1 atom stereocenters. The van der Waals surface area contributed by atoms with E-state index in [1.54, 1.807) is 15.8 Å². The summed E-state index contributed by atoms with van der Waals surface area (Å²) in [7, 11) is 0. The quantitative estimate of drug-likeness (QED) is 0.695. The third-order valence-corrected chi connectivity index (χ3v) is 4.89. The summed E-state index contributed by atoms with van der Waals surface area (Å²) in [6.45, 7) is 9.61. The first-order chi connectivity index (χ1) is 12.6. The van der Waals surface area contributed by atoms with Gasteiger partial charge in [-0.05, 0) is 19.4 Å². The molecular formula is C19H28N5O2+. The molecule has 3 rings (SSSR count). The minimum atomic E-state index is -0.163. The molecule has 0 bridgehead atoms. The van der Waals surface area contributed by atoms with Crippen LogP contribution in [0.15, 0.2) is 30.5 Å². The average Bonchev–Trinajstić information content (AvgIpc) is 3.16. The van der Waals surface area contributed by atoms with E-state index in [2.05, 4.69) is 46.8 Å². The number of nitrogens with one attached hydrogen (secondary N) is 2. The average molecular weight is 358 g/mol. The maximum absolute atomic E-state index is 12.3. The van der Waals surface area contributed by atoms with Gasteiger partial charge in [0, 0.05) is 13.0 Å². The van der Waals surface area contributed by atoms with Crippen LogP contribution in [0.1, 0.15) is 41.0 Å². The minimum absolute atomic E-state index is 0.0366. The van der Waals surface area contributed by atoms with Crippen molar-refractivity contribution in [1.82, 2.24) is 20.3 Å². The lowest BCUT2D eigenvalue weighted by Gasteiger charge is -2.23. The highest BCUT2D eigenvalue weighted by molar-refractivity contribution is 5.91. The molecule has 1 aliphatic rings. The Labute approximate surface area is 154 Å². The maximum Gasteiger partial charge on any atom is 0.273 e. The Hall–Kier alpha value is -2.25. The van der Waals surface area contributed by atoms with E-state index in [1.165, 1.54) is 5.56 Å². The van der Waals surface area contributed by atoms with E-state index in [9.17, 15) is 4.79 Å². The van der Waals surface area contributed by atoms with E-state index in [0.717, 1.165) is 44.8 Å². The molecule has 1 aliphatic heterocycles. The highest BCUT2D eigenvalue weighted by atomic mass is 16.5. The second-order valence-corrected chi connectivity index (χ2v) is 6.89. The number of aryl methyl sites for hydroxylation is 1. The molecule has 2 N–H and O–H groups in total. The molecule has 1 fully saturated rings. The number of aromatic nitrogens is 3. The topological polar surface area (TPSA) is 73.5 Å². The fourth-order valence-corrected chi connectivity index (χ4v) is 3.11. The number of hydrogen-bond acceptors (Lipinski definition) is 4. The number of nitrogens with zero attached hydrogens (tertiary/aromatic N) is 3. The number of morpholine rings is 1. The van der Waals surface area contributed by atoms with E-state index >= 15 is 0 Å². The largest absolute Gasteiger partial charge is 0.370 e. The zero-order valence-electron chi connectivity index (χ0n) is 15.6. The molecule has 0 unspecified atom stereocenters. The molecule has 0 spiro atoms. The van der Waals surface area contributed by atoms with Gasteiger partial charge in [0.2, 0.25) is 0 Å². The molecule has 2 heterocycles. The summed E-state index contributed by atoms with van der Waals surface area (Å²) in [5.74, 6) is -0.163.